The topological polar surface area (TPSA) is 50.7 Å². The molecule has 4 nitrogen and oxygen atoms in total. The minimum Gasteiger partial charge on any atom is -0.306 e. The molecule has 86 valence electrons. The van der Waals surface area contributed by atoms with Crippen LogP contribution in [0.4, 0.5) is 0 Å². The number of aromatic nitrogens is 3. The zero-order chi connectivity index (χ0) is 11.6. The quantitative estimate of drug-likeness (QED) is 0.914. The second-order valence-corrected chi connectivity index (χ2v) is 6.26. The number of rotatable bonds is 3. The Labute approximate surface area is 103 Å². The zero-order valence-corrected chi connectivity index (χ0v) is 11.2. The van der Waals surface area contributed by atoms with Gasteiger partial charge in [0.15, 0.2) is 5.01 Å². The van der Waals surface area contributed by atoms with Crippen molar-refractivity contribution in [2.75, 3.05) is 0 Å². The van der Waals surface area contributed by atoms with Crippen LogP contribution in [0.5, 0.6) is 0 Å². The molecule has 0 saturated heterocycles. The average Bonchev–Trinajstić information content (AvgIpc) is 2.84. The molecule has 2 rings (SSSR count). The molecule has 0 saturated carbocycles. The van der Waals surface area contributed by atoms with Gasteiger partial charge in [-0.3, -0.25) is 0 Å². The lowest BCUT2D eigenvalue weighted by Gasteiger charge is -2.19. The van der Waals surface area contributed by atoms with Gasteiger partial charge in [0.2, 0.25) is 0 Å². The van der Waals surface area contributed by atoms with E-state index in [0.29, 0.717) is 0 Å². The minimum absolute atomic E-state index is 0.104. The maximum atomic E-state index is 4.21. The van der Waals surface area contributed by atoms with Crippen LogP contribution >= 0.6 is 22.7 Å². The molecule has 0 unspecified atom stereocenters. The van der Waals surface area contributed by atoms with E-state index in [1.165, 1.54) is 0 Å². The molecule has 6 heteroatoms. The standard InChI is InChI=1S/C10H14N4S2/c1-10(2,3)12-4-8-13-14-9(16-8)7-5-15-6-11-7/h5-6,12H,4H2,1-3H3. The van der Waals surface area contributed by atoms with Gasteiger partial charge in [0, 0.05) is 10.9 Å². The molecule has 2 heterocycles. The summed E-state index contributed by atoms with van der Waals surface area (Å²) >= 11 is 3.16. The number of thiazole rings is 1. The molecule has 0 bridgehead atoms. The SMILES string of the molecule is CC(C)(C)NCc1nnc(-c2cscn2)s1. The smallest absolute Gasteiger partial charge is 0.167 e. The summed E-state index contributed by atoms with van der Waals surface area (Å²) in [6.07, 6.45) is 0. The molecule has 0 aliphatic carbocycles. The summed E-state index contributed by atoms with van der Waals surface area (Å²) < 4.78 is 0. The molecule has 16 heavy (non-hydrogen) atoms. The van der Waals surface area contributed by atoms with Gasteiger partial charge in [-0.1, -0.05) is 11.3 Å². The van der Waals surface area contributed by atoms with Crippen LogP contribution in [0.1, 0.15) is 25.8 Å². The lowest BCUT2D eigenvalue weighted by atomic mass is 10.1. The summed E-state index contributed by atoms with van der Waals surface area (Å²) in [5, 5.41) is 15.5. The second kappa shape index (κ2) is 4.57. The Morgan fingerprint density at radius 2 is 2.12 bits per heavy atom. The third-order valence-corrected chi connectivity index (χ3v) is 3.42. The molecule has 2 aromatic rings. The first kappa shape index (κ1) is 11.6. The summed E-state index contributed by atoms with van der Waals surface area (Å²) in [6.45, 7) is 7.16. The summed E-state index contributed by atoms with van der Waals surface area (Å²) in [5.41, 5.74) is 2.83. The Bertz CT molecular complexity index is 442. The molecule has 0 fully saturated rings. The highest BCUT2D eigenvalue weighted by Crippen LogP contribution is 2.23. The Morgan fingerprint density at radius 1 is 1.31 bits per heavy atom. The molecule has 0 radical (unpaired) electrons. The Hall–Kier alpha value is -0.850. The Kier molecular flexibility index (Phi) is 3.32. The van der Waals surface area contributed by atoms with E-state index in [4.69, 9.17) is 0 Å². The monoisotopic (exact) mass is 254 g/mol. The molecular weight excluding hydrogens is 240 g/mol. The molecule has 0 aromatic carbocycles. The molecular formula is C10H14N4S2. The van der Waals surface area contributed by atoms with Gasteiger partial charge in [-0.05, 0) is 20.8 Å². The fourth-order valence-corrected chi connectivity index (χ4v) is 2.45. The van der Waals surface area contributed by atoms with E-state index in [0.717, 1.165) is 22.3 Å². The number of hydrogen-bond donors (Lipinski definition) is 1. The van der Waals surface area contributed by atoms with Crippen LogP contribution in [-0.4, -0.2) is 20.7 Å². The molecule has 2 aromatic heterocycles. The maximum Gasteiger partial charge on any atom is 0.167 e. The van der Waals surface area contributed by atoms with Crippen LogP contribution in [-0.2, 0) is 6.54 Å². The van der Waals surface area contributed by atoms with E-state index in [1.54, 1.807) is 22.7 Å². The van der Waals surface area contributed by atoms with E-state index < -0.39 is 0 Å². The van der Waals surface area contributed by atoms with Crippen molar-refractivity contribution in [1.29, 1.82) is 0 Å². The first-order chi connectivity index (χ1) is 7.54. The number of nitrogens with zero attached hydrogens (tertiary/aromatic N) is 3. The first-order valence-electron chi connectivity index (χ1n) is 5.00. The van der Waals surface area contributed by atoms with Gasteiger partial charge < -0.3 is 5.32 Å². The van der Waals surface area contributed by atoms with Crippen LogP contribution in [0.3, 0.4) is 0 Å². The molecule has 1 N–H and O–H groups in total. The average molecular weight is 254 g/mol. The lowest BCUT2D eigenvalue weighted by molar-refractivity contribution is 0.423. The lowest BCUT2D eigenvalue weighted by Crippen LogP contribution is -2.35. The number of nitrogens with one attached hydrogen (secondary N) is 1. The molecule has 0 aliphatic rings. The fourth-order valence-electron chi connectivity index (χ4n) is 1.09. The van der Waals surface area contributed by atoms with Crippen molar-refractivity contribution in [3.63, 3.8) is 0 Å². The number of hydrogen-bond acceptors (Lipinski definition) is 6. The van der Waals surface area contributed by atoms with Gasteiger partial charge in [0.25, 0.3) is 0 Å². The fraction of sp³-hybridized carbons (Fsp3) is 0.500. The molecule has 0 atom stereocenters. The van der Waals surface area contributed by atoms with Crippen molar-refractivity contribution < 1.29 is 0 Å². The van der Waals surface area contributed by atoms with Gasteiger partial charge in [-0.2, -0.15) is 0 Å². The van der Waals surface area contributed by atoms with Crippen LogP contribution < -0.4 is 5.32 Å². The third kappa shape index (κ3) is 3.07. The van der Waals surface area contributed by atoms with Crippen molar-refractivity contribution in [3.05, 3.63) is 15.9 Å². The summed E-state index contributed by atoms with van der Waals surface area (Å²) in [5.74, 6) is 0. The van der Waals surface area contributed by atoms with Gasteiger partial charge >= 0.3 is 0 Å². The first-order valence-corrected chi connectivity index (χ1v) is 6.76. The van der Waals surface area contributed by atoms with Crippen molar-refractivity contribution in [1.82, 2.24) is 20.5 Å². The zero-order valence-electron chi connectivity index (χ0n) is 9.52. The second-order valence-electron chi connectivity index (χ2n) is 4.48. The van der Waals surface area contributed by atoms with E-state index in [2.05, 4.69) is 41.3 Å². The van der Waals surface area contributed by atoms with Gasteiger partial charge in [0.1, 0.15) is 10.7 Å². The van der Waals surface area contributed by atoms with E-state index in [-0.39, 0.29) is 5.54 Å². The predicted octanol–water partition coefficient (Wildman–Crippen LogP) is 2.55. The summed E-state index contributed by atoms with van der Waals surface area (Å²) in [6, 6.07) is 0. The van der Waals surface area contributed by atoms with E-state index in [9.17, 15) is 0 Å². The van der Waals surface area contributed by atoms with Crippen LogP contribution in [0.15, 0.2) is 10.9 Å². The molecule has 0 aliphatic heterocycles. The van der Waals surface area contributed by atoms with Crippen molar-refractivity contribution >= 4 is 22.7 Å². The van der Waals surface area contributed by atoms with E-state index >= 15 is 0 Å². The summed E-state index contributed by atoms with van der Waals surface area (Å²) in [4.78, 5) is 4.21. The van der Waals surface area contributed by atoms with Crippen LogP contribution in [0.25, 0.3) is 10.7 Å². The van der Waals surface area contributed by atoms with Gasteiger partial charge in [-0.25, -0.2) is 4.98 Å². The Balaban J connectivity index is 2.03. The maximum absolute atomic E-state index is 4.21. The van der Waals surface area contributed by atoms with E-state index in [1.807, 2.05) is 10.9 Å². The van der Waals surface area contributed by atoms with Crippen LogP contribution in [0, 0.1) is 0 Å². The van der Waals surface area contributed by atoms with Crippen LogP contribution in [0.2, 0.25) is 0 Å². The summed E-state index contributed by atoms with van der Waals surface area (Å²) in [7, 11) is 0. The highest BCUT2D eigenvalue weighted by atomic mass is 32.1. The highest BCUT2D eigenvalue weighted by Gasteiger charge is 2.12. The highest BCUT2D eigenvalue weighted by molar-refractivity contribution is 7.15. The normalized spacial score (nSPS) is 11.9. The largest absolute Gasteiger partial charge is 0.306 e. The molecule has 0 amide bonds. The van der Waals surface area contributed by atoms with Crippen molar-refractivity contribution in [2.24, 2.45) is 0 Å². The third-order valence-electron chi connectivity index (χ3n) is 1.89. The van der Waals surface area contributed by atoms with Gasteiger partial charge in [0.05, 0.1) is 12.1 Å². The molecule has 0 spiro atoms. The minimum atomic E-state index is 0.104. The van der Waals surface area contributed by atoms with Gasteiger partial charge in [-0.15, -0.1) is 21.5 Å². The predicted molar refractivity (Wildman–Crippen MR) is 67.6 cm³/mol. The Morgan fingerprint density at radius 3 is 2.75 bits per heavy atom. The van der Waals surface area contributed by atoms with Crippen molar-refractivity contribution in [3.8, 4) is 10.7 Å². The van der Waals surface area contributed by atoms with Crippen molar-refractivity contribution in [2.45, 2.75) is 32.9 Å².